The maximum absolute atomic E-state index is 11.8. The molecular formula is C18H26N2O2. The van der Waals surface area contributed by atoms with E-state index in [1.165, 1.54) is 38.5 Å². The summed E-state index contributed by atoms with van der Waals surface area (Å²) in [5, 5.41) is 6.12. The van der Waals surface area contributed by atoms with E-state index in [0.29, 0.717) is 19.3 Å². The summed E-state index contributed by atoms with van der Waals surface area (Å²) >= 11 is 0. The molecule has 0 spiro atoms. The summed E-state index contributed by atoms with van der Waals surface area (Å²) in [4.78, 5) is 11.8. The van der Waals surface area contributed by atoms with Gasteiger partial charge in [-0.25, -0.2) is 0 Å². The summed E-state index contributed by atoms with van der Waals surface area (Å²) in [6, 6.07) is 7.96. The molecule has 2 fully saturated rings. The molecule has 1 amide bonds. The fourth-order valence-corrected chi connectivity index (χ4v) is 2.87. The van der Waals surface area contributed by atoms with Gasteiger partial charge in [0.1, 0.15) is 0 Å². The van der Waals surface area contributed by atoms with Gasteiger partial charge in [-0.2, -0.15) is 0 Å². The van der Waals surface area contributed by atoms with Crippen LogP contribution in [0.4, 0.5) is 5.69 Å². The van der Waals surface area contributed by atoms with Crippen molar-refractivity contribution in [2.45, 2.75) is 51.2 Å². The van der Waals surface area contributed by atoms with E-state index >= 15 is 0 Å². The van der Waals surface area contributed by atoms with Gasteiger partial charge in [0.15, 0.2) is 0 Å². The van der Waals surface area contributed by atoms with Crippen molar-refractivity contribution in [3.8, 4) is 0 Å². The van der Waals surface area contributed by atoms with Crippen molar-refractivity contribution in [2.24, 2.45) is 5.92 Å². The number of carbonyl (C=O) groups is 1. The van der Waals surface area contributed by atoms with Crippen LogP contribution in [-0.4, -0.2) is 25.1 Å². The quantitative estimate of drug-likeness (QED) is 0.776. The third-order valence-corrected chi connectivity index (χ3v) is 4.44. The molecule has 1 aromatic carbocycles. The molecule has 22 heavy (non-hydrogen) atoms. The topological polar surface area (TPSA) is 50.4 Å². The average molecular weight is 302 g/mol. The molecule has 2 aliphatic carbocycles. The Morgan fingerprint density at radius 1 is 1.09 bits per heavy atom. The molecule has 2 N–H and O–H groups in total. The highest BCUT2D eigenvalue weighted by Crippen LogP contribution is 2.27. The van der Waals surface area contributed by atoms with Gasteiger partial charge in [-0.1, -0.05) is 25.0 Å². The van der Waals surface area contributed by atoms with E-state index in [1.54, 1.807) is 0 Å². The lowest BCUT2D eigenvalue weighted by atomic mass is 10.2. The van der Waals surface area contributed by atoms with Gasteiger partial charge in [0.05, 0.1) is 19.3 Å². The fraction of sp³-hybridized carbons (Fsp3) is 0.611. The van der Waals surface area contributed by atoms with Gasteiger partial charge in [-0.3, -0.25) is 4.79 Å². The molecule has 4 nitrogen and oxygen atoms in total. The van der Waals surface area contributed by atoms with Crippen molar-refractivity contribution in [1.29, 1.82) is 0 Å². The van der Waals surface area contributed by atoms with Crippen LogP contribution < -0.4 is 10.6 Å². The maximum atomic E-state index is 11.8. The molecule has 4 heteroatoms. The lowest BCUT2D eigenvalue weighted by molar-refractivity contribution is -0.115. The minimum absolute atomic E-state index is 0.0237. The molecule has 2 saturated carbocycles. The molecule has 120 valence electrons. The maximum Gasteiger partial charge on any atom is 0.238 e. The number of hydrogen-bond donors (Lipinski definition) is 2. The third kappa shape index (κ3) is 5.11. The average Bonchev–Trinajstić information content (AvgIpc) is 3.20. The third-order valence-electron chi connectivity index (χ3n) is 4.44. The molecule has 0 bridgehead atoms. The van der Waals surface area contributed by atoms with Crippen molar-refractivity contribution in [3.63, 3.8) is 0 Å². The lowest BCUT2D eigenvalue weighted by Gasteiger charge is -2.11. The molecule has 2 aliphatic rings. The van der Waals surface area contributed by atoms with Gasteiger partial charge in [0.2, 0.25) is 5.91 Å². The Bertz CT molecular complexity index is 476. The number of amides is 1. The van der Waals surface area contributed by atoms with Crippen molar-refractivity contribution >= 4 is 11.6 Å². The largest absolute Gasteiger partial charge is 0.374 e. The number of hydrogen-bond acceptors (Lipinski definition) is 3. The van der Waals surface area contributed by atoms with E-state index in [2.05, 4.69) is 10.6 Å². The van der Waals surface area contributed by atoms with E-state index in [4.69, 9.17) is 4.74 Å². The minimum atomic E-state index is 0.0237. The van der Waals surface area contributed by atoms with Crippen LogP contribution in [0.15, 0.2) is 24.3 Å². The van der Waals surface area contributed by atoms with E-state index in [9.17, 15) is 4.79 Å². The van der Waals surface area contributed by atoms with E-state index in [-0.39, 0.29) is 5.91 Å². The van der Waals surface area contributed by atoms with Crippen molar-refractivity contribution in [3.05, 3.63) is 29.8 Å². The van der Waals surface area contributed by atoms with Crippen LogP contribution in [0.25, 0.3) is 0 Å². The smallest absolute Gasteiger partial charge is 0.238 e. The first-order valence-electron chi connectivity index (χ1n) is 8.51. The predicted octanol–water partition coefficient (Wildman–Crippen LogP) is 3.08. The predicted molar refractivity (Wildman–Crippen MR) is 87.7 cm³/mol. The van der Waals surface area contributed by atoms with Crippen LogP contribution in [0.5, 0.6) is 0 Å². The highest BCUT2D eigenvalue weighted by Gasteiger charge is 2.20. The summed E-state index contributed by atoms with van der Waals surface area (Å²) in [7, 11) is 0. The number of anilines is 1. The first kappa shape index (κ1) is 15.5. The Morgan fingerprint density at radius 3 is 2.50 bits per heavy atom. The Balaban J connectivity index is 1.37. The standard InChI is InChI=1S/C18H26N2O2/c21-18(12-19-11-14-5-6-14)20-16-9-7-15(8-10-16)13-22-17-3-1-2-4-17/h7-10,14,17,19H,1-6,11-13H2,(H,20,21). The van der Waals surface area contributed by atoms with Crippen LogP contribution in [0, 0.1) is 5.92 Å². The number of rotatable bonds is 8. The molecular weight excluding hydrogens is 276 g/mol. The normalized spacial score (nSPS) is 18.5. The second-order valence-electron chi connectivity index (χ2n) is 6.54. The Kier molecular flexibility index (Phi) is 5.46. The van der Waals surface area contributed by atoms with Gasteiger partial charge in [0.25, 0.3) is 0 Å². The Morgan fingerprint density at radius 2 is 1.82 bits per heavy atom. The fourth-order valence-electron chi connectivity index (χ4n) is 2.87. The summed E-state index contributed by atoms with van der Waals surface area (Å²) < 4.78 is 5.89. The molecule has 0 aromatic heterocycles. The van der Waals surface area contributed by atoms with Crippen molar-refractivity contribution in [2.75, 3.05) is 18.4 Å². The van der Waals surface area contributed by atoms with Gasteiger partial charge >= 0.3 is 0 Å². The number of nitrogens with one attached hydrogen (secondary N) is 2. The molecule has 1 aromatic rings. The molecule has 3 rings (SSSR count). The van der Waals surface area contributed by atoms with Crippen LogP contribution in [-0.2, 0) is 16.1 Å². The molecule has 0 aliphatic heterocycles. The lowest BCUT2D eigenvalue weighted by Crippen LogP contribution is -2.29. The zero-order valence-corrected chi connectivity index (χ0v) is 13.1. The van der Waals surface area contributed by atoms with Gasteiger partial charge in [-0.05, 0) is 55.8 Å². The van der Waals surface area contributed by atoms with Crippen LogP contribution in [0.3, 0.4) is 0 Å². The van der Waals surface area contributed by atoms with Crippen LogP contribution in [0.2, 0.25) is 0 Å². The van der Waals surface area contributed by atoms with E-state index in [0.717, 1.165) is 23.7 Å². The molecule has 0 heterocycles. The Labute approximate surface area is 132 Å². The number of ether oxygens (including phenoxy) is 1. The van der Waals surface area contributed by atoms with Crippen LogP contribution in [0.1, 0.15) is 44.1 Å². The highest BCUT2D eigenvalue weighted by atomic mass is 16.5. The first-order chi connectivity index (χ1) is 10.8. The monoisotopic (exact) mass is 302 g/mol. The Hall–Kier alpha value is -1.39. The summed E-state index contributed by atoms with van der Waals surface area (Å²) in [5.74, 6) is 0.822. The summed E-state index contributed by atoms with van der Waals surface area (Å²) in [6.07, 6.45) is 8.04. The zero-order chi connectivity index (χ0) is 15.2. The molecule has 0 saturated heterocycles. The number of carbonyl (C=O) groups excluding carboxylic acids is 1. The summed E-state index contributed by atoms with van der Waals surface area (Å²) in [5.41, 5.74) is 2.01. The second kappa shape index (κ2) is 7.75. The van der Waals surface area contributed by atoms with Gasteiger partial charge in [-0.15, -0.1) is 0 Å². The first-order valence-corrected chi connectivity index (χ1v) is 8.51. The van der Waals surface area contributed by atoms with E-state index in [1.807, 2.05) is 24.3 Å². The second-order valence-corrected chi connectivity index (χ2v) is 6.54. The van der Waals surface area contributed by atoms with E-state index < -0.39 is 0 Å². The van der Waals surface area contributed by atoms with Crippen molar-refractivity contribution < 1.29 is 9.53 Å². The molecule has 0 atom stereocenters. The van der Waals surface area contributed by atoms with Crippen molar-refractivity contribution in [1.82, 2.24) is 5.32 Å². The highest BCUT2D eigenvalue weighted by molar-refractivity contribution is 5.92. The molecule has 0 radical (unpaired) electrons. The summed E-state index contributed by atoms with van der Waals surface area (Å²) in [6.45, 7) is 2.02. The van der Waals surface area contributed by atoms with Crippen LogP contribution >= 0.6 is 0 Å². The minimum Gasteiger partial charge on any atom is -0.374 e. The SMILES string of the molecule is O=C(CNCC1CC1)Nc1ccc(COC2CCCC2)cc1. The molecule has 0 unspecified atom stereocenters. The zero-order valence-electron chi connectivity index (χ0n) is 13.1. The van der Waals surface area contributed by atoms with Gasteiger partial charge in [0, 0.05) is 5.69 Å². The number of benzene rings is 1. The van der Waals surface area contributed by atoms with Gasteiger partial charge < -0.3 is 15.4 Å².